The summed E-state index contributed by atoms with van der Waals surface area (Å²) in [5.74, 6) is -0.0744. The molecular weight excluding hydrogens is 360 g/mol. The number of benzene rings is 3. The predicted molar refractivity (Wildman–Crippen MR) is 116 cm³/mol. The van der Waals surface area contributed by atoms with Crippen LogP contribution >= 0.6 is 0 Å². The number of aromatic amines is 2. The number of H-pyrrole nitrogens is 2. The van der Waals surface area contributed by atoms with Crippen molar-refractivity contribution in [2.45, 2.75) is 0 Å². The van der Waals surface area contributed by atoms with E-state index in [4.69, 9.17) is 0 Å². The molecule has 0 saturated carbocycles. The van der Waals surface area contributed by atoms with Crippen molar-refractivity contribution in [2.75, 3.05) is 5.32 Å². The second kappa shape index (κ2) is 5.94. The molecule has 5 heteroatoms. The molecule has 1 amide bonds. The van der Waals surface area contributed by atoms with Crippen molar-refractivity contribution in [3.8, 4) is 11.4 Å². The van der Waals surface area contributed by atoms with E-state index in [0.29, 0.717) is 5.57 Å². The minimum Gasteiger partial charge on any atom is -0.353 e. The molecule has 0 spiro atoms. The summed E-state index contributed by atoms with van der Waals surface area (Å²) in [6.45, 7) is 0. The van der Waals surface area contributed by atoms with Crippen LogP contribution < -0.4 is 5.32 Å². The van der Waals surface area contributed by atoms with Crippen LogP contribution in [0.4, 0.5) is 5.69 Å². The summed E-state index contributed by atoms with van der Waals surface area (Å²) in [6, 6.07) is 24.1. The molecule has 1 aliphatic rings. The molecule has 5 nitrogen and oxygen atoms in total. The van der Waals surface area contributed by atoms with Crippen molar-refractivity contribution in [2.24, 2.45) is 0 Å². The van der Waals surface area contributed by atoms with Gasteiger partial charge in [-0.1, -0.05) is 42.5 Å². The zero-order valence-corrected chi connectivity index (χ0v) is 15.4. The lowest BCUT2D eigenvalue weighted by Gasteiger charge is -1.99. The number of carbonyl (C=O) groups is 1. The van der Waals surface area contributed by atoms with Gasteiger partial charge in [-0.2, -0.15) is 5.10 Å². The molecule has 0 unspecified atom stereocenters. The van der Waals surface area contributed by atoms with Gasteiger partial charge in [0.15, 0.2) is 0 Å². The van der Waals surface area contributed by atoms with Gasteiger partial charge in [-0.15, -0.1) is 0 Å². The molecule has 0 saturated heterocycles. The summed E-state index contributed by atoms with van der Waals surface area (Å²) < 4.78 is 0. The third-order valence-corrected chi connectivity index (χ3v) is 5.39. The van der Waals surface area contributed by atoms with Crippen LogP contribution in [0.25, 0.3) is 44.8 Å². The van der Waals surface area contributed by atoms with E-state index in [1.165, 1.54) is 0 Å². The van der Waals surface area contributed by atoms with Gasteiger partial charge in [0.1, 0.15) is 5.69 Å². The first-order chi connectivity index (χ1) is 14.3. The first-order valence-corrected chi connectivity index (χ1v) is 9.45. The Bertz CT molecular complexity index is 1420. The van der Waals surface area contributed by atoms with Gasteiger partial charge in [0.05, 0.1) is 11.2 Å². The molecular formula is C24H16N4O. The molecule has 0 radical (unpaired) electrons. The lowest BCUT2D eigenvalue weighted by atomic mass is 10.0. The number of hydrogen-bond donors (Lipinski definition) is 3. The molecule has 5 aromatic rings. The molecule has 6 rings (SSSR count). The minimum absolute atomic E-state index is 0.0744. The Morgan fingerprint density at radius 1 is 0.862 bits per heavy atom. The smallest absolute Gasteiger partial charge is 0.256 e. The van der Waals surface area contributed by atoms with Gasteiger partial charge in [0.2, 0.25) is 0 Å². The van der Waals surface area contributed by atoms with Crippen molar-refractivity contribution in [3.63, 3.8) is 0 Å². The number of fused-ring (bicyclic) bond motifs is 3. The Morgan fingerprint density at radius 2 is 1.72 bits per heavy atom. The molecule has 138 valence electrons. The number of nitrogens with zero attached hydrogens (tertiary/aromatic N) is 1. The van der Waals surface area contributed by atoms with Gasteiger partial charge in [-0.3, -0.25) is 9.89 Å². The summed E-state index contributed by atoms with van der Waals surface area (Å²) in [6.07, 6.45) is 1.92. The zero-order chi connectivity index (χ0) is 19.4. The number of para-hydroxylation sites is 2. The van der Waals surface area contributed by atoms with E-state index >= 15 is 0 Å². The second-order valence-corrected chi connectivity index (χ2v) is 7.21. The van der Waals surface area contributed by atoms with Gasteiger partial charge in [0.25, 0.3) is 5.91 Å². The highest BCUT2D eigenvalue weighted by Gasteiger charge is 2.23. The summed E-state index contributed by atoms with van der Waals surface area (Å²) in [7, 11) is 0. The second-order valence-electron chi connectivity index (χ2n) is 7.21. The van der Waals surface area contributed by atoms with Crippen molar-refractivity contribution in [1.82, 2.24) is 15.2 Å². The van der Waals surface area contributed by atoms with Gasteiger partial charge < -0.3 is 10.3 Å². The molecule has 3 heterocycles. The van der Waals surface area contributed by atoms with Crippen molar-refractivity contribution in [1.29, 1.82) is 0 Å². The number of hydrogen-bond acceptors (Lipinski definition) is 2. The molecule has 1 aliphatic heterocycles. The fourth-order valence-electron chi connectivity index (χ4n) is 3.98. The summed E-state index contributed by atoms with van der Waals surface area (Å²) in [5, 5.41) is 12.8. The van der Waals surface area contributed by atoms with E-state index in [2.05, 4.69) is 38.7 Å². The van der Waals surface area contributed by atoms with Crippen LogP contribution in [0.3, 0.4) is 0 Å². The van der Waals surface area contributed by atoms with Gasteiger partial charge >= 0.3 is 0 Å². The third-order valence-electron chi connectivity index (χ3n) is 5.39. The van der Waals surface area contributed by atoms with Crippen LogP contribution in [0, 0.1) is 0 Å². The Balaban J connectivity index is 1.43. The molecule has 2 aromatic heterocycles. The first-order valence-electron chi connectivity index (χ1n) is 9.45. The van der Waals surface area contributed by atoms with Crippen LogP contribution in [0.15, 0.2) is 72.8 Å². The lowest BCUT2D eigenvalue weighted by Crippen LogP contribution is -2.03. The summed E-state index contributed by atoms with van der Waals surface area (Å²) in [5.41, 5.74) is 7.30. The third kappa shape index (κ3) is 2.48. The van der Waals surface area contributed by atoms with E-state index in [0.717, 1.165) is 50.0 Å². The number of amides is 1. The Hall–Kier alpha value is -4.12. The largest absolute Gasteiger partial charge is 0.353 e. The fraction of sp³-hybridized carbons (Fsp3) is 0. The molecule has 29 heavy (non-hydrogen) atoms. The maximum atomic E-state index is 12.4. The lowest BCUT2D eigenvalue weighted by molar-refractivity contribution is -0.110. The number of rotatable bonds is 2. The van der Waals surface area contributed by atoms with E-state index in [-0.39, 0.29) is 5.91 Å². The fourth-order valence-corrected chi connectivity index (χ4v) is 3.98. The van der Waals surface area contributed by atoms with Crippen LogP contribution in [-0.2, 0) is 4.79 Å². The standard InChI is InChI=1S/C24H16N4O/c29-24-18(16-6-2-4-8-20(16)26-24)11-14-9-10-17-21(12-14)27-28-23(17)22-13-15-5-1-3-7-19(15)25-22/h1-13,25H,(H,26,29)(H,27,28)/b18-11-. The number of anilines is 1. The maximum absolute atomic E-state index is 12.4. The number of aromatic nitrogens is 3. The quantitative estimate of drug-likeness (QED) is 0.370. The summed E-state index contributed by atoms with van der Waals surface area (Å²) in [4.78, 5) is 15.8. The van der Waals surface area contributed by atoms with Crippen LogP contribution in [-0.4, -0.2) is 21.1 Å². The Kier molecular flexibility index (Phi) is 3.25. The van der Waals surface area contributed by atoms with E-state index in [1.807, 2.05) is 60.7 Å². The topological polar surface area (TPSA) is 73.6 Å². The van der Waals surface area contributed by atoms with Gasteiger partial charge in [-0.25, -0.2) is 0 Å². The maximum Gasteiger partial charge on any atom is 0.256 e. The highest BCUT2D eigenvalue weighted by molar-refractivity contribution is 6.35. The minimum atomic E-state index is -0.0744. The van der Waals surface area contributed by atoms with Crippen molar-refractivity contribution >= 4 is 45.0 Å². The molecule has 0 atom stereocenters. The predicted octanol–water partition coefficient (Wildman–Crippen LogP) is 5.20. The SMILES string of the molecule is O=C1Nc2ccccc2/C1=C/c1ccc2c(-c3cc4ccccc4[nH]3)n[nH]c2c1. The van der Waals surface area contributed by atoms with Crippen LogP contribution in [0.5, 0.6) is 0 Å². The summed E-state index contributed by atoms with van der Waals surface area (Å²) >= 11 is 0. The highest BCUT2D eigenvalue weighted by Crippen LogP contribution is 2.34. The average molecular weight is 376 g/mol. The molecule has 3 aromatic carbocycles. The zero-order valence-electron chi connectivity index (χ0n) is 15.4. The van der Waals surface area contributed by atoms with Gasteiger partial charge in [-0.05, 0) is 42.0 Å². The van der Waals surface area contributed by atoms with E-state index in [1.54, 1.807) is 0 Å². The Labute approximate surface area is 166 Å². The van der Waals surface area contributed by atoms with Crippen molar-refractivity contribution in [3.05, 3.63) is 83.9 Å². The van der Waals surface area contributed by atoms with E-state index in [9.17, 15) is 4.79 Å². The van der Waals surface area contributed by atoms with Crippen LogP contribution in [0.1, 0.15) is 11.1 Å². The number of nitrogens with one attached hydrogen (secondary N) is 3. The number of carbonyl (C=O) groups excluding carboxylic acids is 1. The van der Waals surface area contributed by atoms with E-state index < -0.39 is 0 Å². The molecule has 3 N–H and O–H groups in total. The normalized spacial score (nSPS) is 14.6. The van der Waals surface area contributed by atoms with Crippen LogP contribution in [0.2, 0.25) is 0 Å². The average Bonchev–Trinajstić information content (AvgIpc) is 3.43. The molecule has 0 aliphatic carbocycles. The first kappa shape index (κ1) is 15.9. The highest BCUT2D eigenvalue weighted by atomic mass is 16.2. The van der Waals surface area contributed by atoms with Gasteiger partial charge in [0, 0.05) is 33.1 Å². The van der Waals surface area contributed by atoms with Crippen molar-refractivity contribution < 1.29 is 4.79 Å². The monoisotopic (exact) mass is 376 g/mol. The molecule has 0 bridgehead atoms. The molecule has 0 fully saturated rings. The Morgan fingerprint density at radius 3 is 2.66 bits per heavy atom.